The lowest BCUT2D eigenvalue weighted by Gasteiger charge is -2.09. The maximum Gasteiger partial charge on any atom is 0.274 e. The van der Waals surface area contributed by atoms with Crippen LogP contribution in [-0.4, -0.2) is 21.6 Å². The minimum atomic E-state index is -0.304. The molecule has 3 aromatic rings. The lowest BCUT2D eigenvalue weighted by Crippen LogP contribution is -2.16. The van der Waals surface area contributed by atoms with Crippen molar-refractivity contribution < 1.29 is 4.79 Å². The van der Waals surface area contributed by atoms with Crippen molar-refractivity contribution in [3.05, 3.63) is 74.5 Å². The number of nitriles is 1. The Morgan fingerprint density at radius 1 is 1.22 bits per heavy atom. The number of carbonyl (C=O) groups is 1. The highest BCUT2D eigenvalue weighted by molar-refractivity contribution is 7.13. The topological polar surface area (TPSA) is 91.0 Å². The summed E-state index contributed by atoms with van der Waals surface area (Å²) in [5.74, 6) is -0.304. The third kappa shape index (κ3) is 3.23. The van der Waals surface area contributed by atoms with Gasteiger partial charge in [0.05, 0.1) is 27.7 Å². The van der Waals surface area contributed by atoms with Crippen LogP contribution in [0.2, 0.25) is 0 Å². The number of rotatable bonds is 3. The number of pyridine rings is 1. The minimum Gasteiger partial charge on any atom is -0.321 e. The molecule has 1 aliphatic heterocycles. The number of aliphatic imine (C=N–C) groups is 1. The molecule has 1 amide bonds. The normalized spacial score (nSPS) is 12.3. The van der Waals surface area contributed by atoms with E-state index in [4.69, 9.17) is 5.26 Å². The summed E-state index contributed by atoms with van der Waals surface area (Å²) >= 11 is 1.61. The van der Waals surface area contributed by atoms with Gasteiger partial charge in [0.15, 0.2) is 0 Å². The van der Waals surface area contributed by atoms with Crippen molar-refractivity contribution in [2.45, 2.75) is 20.4 Å². The van der Waals surface area contributed by atoms with Crippen molar-refractivity contribution in [3.8, 4) is 6.07 Å². The Kier molecular flexibility index (Phi) is 4.26. The summed E-state index contributed by atoms with van der Waals surface area (Å²) in [6, 6.07) is 9.46. The highest BCUT2D eigenvalue weighted by Crippen LogP contribution is 2.28. The molecule has 0 radical (unpaired) electrons. The Morgan fingerprint density at radius 3 is 2.78 bits per heavy atom. The third-order valence-electron chi connectivity index (χ3n) is 4.31. The Hall–Kier alpha value is -3.37. The number of fused-ring (bicyclic) bond motifs is 1. The van der Waals surface area contributed by atoms with Gasteiger partial charge in [-0.2, -0.15) is 5.26 Å². The predicted octanol–water partition coefficient (Wildman–Crippen LogP) is 3.63. The second kappa shape index (κ2) is 6.74. The molecular weight excluding hydrogens is 358 g/mol. The first kappa shape index (κ1) is 17.1. The van der Waals surface area contributed by atoms with E-state index in [-0.39, 0.29) is 5.91 Å². The Bertz CT molecular complexity index is 1140. The summed E-state index contributed by atoms with van der Waals surface area (Å²) < 4.78 is 0. The number of aromatic nitrogens is 2. The minimum absolute atomic E-state index is 0.304. The zero-order chi connectivity index (χ0) is 19.0. The van der Waals surface area contributed by atoms with E-state index in [1.165, 1.54) is 6.20 Å². The summed E-state index contributed by atoms with van der Waals surface area (Å²) in [7, 11) is 0. The number of benzene rings is 1. The van der Waals surface area contributed by atoms with Crippen LogP contribution in [0.3, 0.4) is 0 Å². The maximum atomic E-state index is 12.6. The van der Waals surface area contributed by atoms with Crippen LogP contribution in [0.5, 0.6) is 0 Å². The molecule has 0 saturated carbocycles. The number of anilines is 1. The van der Waals surface area contributed by atoms with Crippen LogP contribution >= 0.6 is 11.3 Å². The van der Waals surface area contributed by atoms with Gasteiger partial charge in [0.25, 0.3) is 5.91 Å². The predicted molar refractivity (Wildman–Crippen MR) is 104 cm³/mol. The molecule has 2 aromatic heterocycles. The molecule has 6 nitrogen and oxygen atoms in total. The first-order valence-electron chi connectivity index (χ1n) is 8.34. The van der Waals surface area contributed by atoms with Gasteiger partial charge in [-0.3, -0.25) is 9.79 Å². The number of hydrogen-bond donors (Lipinski definition) is 1. The largest absolute Gasteiger partial charge is 0.321 e. The Balaban J connectivity index is 1.61. The lowest BCUT2D eigenvalue weighted by molar-refractivity contribution is 0.102. The van der Waals surface area contributed by atoms with Crippen molar-refractivity contribution in [2.24, 2.45) is 4.99 Å². The number of hydrogen-bond acceptors (Lipinski definition) is 6. The van der Waals surface area contributed by atoms with Gasteiger partial charge in [-0.1, -0.05) is 6.07 Å². The van der Waals surface area contributed by atoms with E-state index in [9.17, 15) is 4.79 Å². The summed E-state index contributed by atoms with van der Waals surface area (Å²) in [6.45, 7) is 4.36. The number of nitrogens with zero attached hydrogens (tertiary/aromatic N) is 4. The van der Waals surface area contributed by atoms with Gasteiger partial charge < -0.3 is 5.32 Å². The van der Waals surface area contributed by atoms with Gasteiger partial charge in [0.1, 0.15) is 11.8 Å². The fourth-order valence-electron chi connectivity index (χ4n) is 3.01. The van der Waals surface area contributed by atoms with Gasteiger partial charge in [-0.15, -0.1) is 11.3 Å². The first-order valence-corrected chi connectivity index (χ1v) is 9.15. The molecule has 0 spiro atoms. The molecule has 1 aromatic carbocycles. The average Bonchev–Trinajstić information content (AvgIpc) is 3.27. The summed E-state index contributed by atoms with van der Waals surface area (Å²) in [5, 5.41) is 12.8. The van der Waals surface area contributed by atoms with Crippen LogP contribution in [-0.2, 0) is 6.54 Å². The highest BCUT2D eigenvalue weighted by atomic mass is 32.1. The molecule has 0 bridgehead atoms. The molecule has 27 heavy (non-hydrogen) atoms. The van der Waals surface area contributed by atoms with E-state index in [0.29, 0.717) is 29.1 Å². The van der Waals surface area contributed by atoms with Crippen molar-refractivity contribution >= 4 is 28.6 Å². The van der Waals surface area contributed by atoms with Crippen LogP contribution in [0.15, 0.2) is 41.7 Å². The third-order valence-corrected chi connectivity index (χ3v) is 5.23. The standard InChI is InChI=1S/C20H15N5OS/c1-11-5-13(7-21)8-23-18(11)20(26)25-15-4-3-14-9-24-19(16(14)6-15)17-10-22-12(2)27-17/h3-6,8,10H,9H2,1-2H3,(H,25,26). The molecular formula is C20H15N5OS. The molecule has 4 rings (SSSR count). The van der Waals surface area contributed by atoms with Crippen molar-refractivity contribution in [2.75, 3.05) is 5.32 Å². The van der Waals surface area contributed by atoms with Crippen LogP contribution < -0.4 is 5.32 Å². The van der Waals surface area contributed by atoms with Crippen LogP contribution in [0, 0.1) is 25.2 Å². The summed E-state index contributed by atoms with van der Waals surface area (Å²) in [4.78, 5) is 26.7. The fourth-order valence-corrected chi connectivity index (χ4v) is 3.81. The summed E-state index contributed by atoms with van der Waals surface area (Å²) in [5.41, 5.74) is 5.14. The van der Waals surface area contributed by atoms with E-state index in [2.05, 4.69) is 20.3 Å². The van der Waals surface area contributed by atoms with Crippen molar-refractivity contribution in [1.29, 1.82) is 5.26 Å². The monoisotopic (exact) mass is 373 g/mol. The van der Waals surface area contributed by atoms with Gasteiger partial charge >= 0.3 is 0 Å². The molecule has 0 fully saturated rings. The van der Waals surface area contributed by atoms with Gasteiger partial charge in [-0.25, -0.2) is 9.97 Å². The molecule has 0 saturated heterocycles. The number of carbonyl (C=O) groups excluding carboxylic acids is 1. The van der Waals surface area contributed by atoms with Crippen LogP contribution in [0.4, 0.5) is 5.69 Å². The molecule has 1 N–H and O–H groups in total. The smallest absolute Gasteiger partial charge is 0.274 e. The van der Waals surface area contributed by atoms with Gasteiger partial charge in [0, 0.05) is 23.6 Å². The Morgan fingerprint density at radius 2 is 2.07 bits per heavy atom. The van der Waals surface area contributed by atoms with E-state index in [1.807, 2.05) is 37.4 Å². The van der Waals surface area contributed by atoms with Gasteiger partial charge in [-0.05, 0) is 43.2 Å². The second-order valence-corrected chi connectivity index (χ2v) is 7.47. The highest BCUT2D eigenvalue weighted by Gasteiger charge is 2.20. The quantitative estimate of drug-likeness (QED) is 0.759. The van der Waals surface area contributed by atoms with Gasteiger partial charge in [0.2, 0.25) is 0 Å². The Labute approximate surface area is 160 Å². The number of amides is 1. The van der Waals surface area contributed by atoms with E-state index in [0.717, 1.165) is 26.7 Å². The van der Waals surface area contributed by atoms with Crippen LogP contribution in [0.1, 0.15) is 42.6 Å². The van der Waals surface area contributed by atoms with E-state index in [1.54, 1.807) is 24.3 Å². The fraction of sp³-hybridized carbons (Fsp3) is 0.150. The number of nitrogens with one attached hydrogen (secondary N) is 1. The molecule has 0 aliphatic carbocycles. The van der Waals surface area contributed by atoms with Crippen molar-refractivity contribution in [1.82, 2.24) is 9.97 Å². The molecule has 0 unspecified atom stereocenters. The lowest BCUT2D eigenvalue weighted by atomic mass is 10.0. The molecule has 1 aliphatic rings. The van der Waals surface area contributed by atoms with Crippen LogP contribution in [0.25, 0.3) is 0 Å². The molecule has 0 atom stereocenters. The average molecular weight is 373 g/mol. The SMILES string of the molecule is Cc1ncc(C2=NCc3ccc(NC(=O)c4ncc(C#N)cc4C)cc32)s1. The zero-order valence-corrected chi connectivity index (χ0v) is 15.6. The second-order valence-electron chi connectivity index (χ2n) is 6.24. The molecule has 7 heteroatoms. The zero-order valence-electron chi connectivity index (χ0n) is 14.8. The van der Waals surface area contributed by atoms with E-state index >= 15 is 0 Å². The summed E-state index contributed by atoms with van der Waals surface area (Å²) in [6.07, 6.45) is 3.24. The number of aryl methyl sites for hydroxylation is 2. The number of thiazole rings is 1. The van der Waals surface area contributed by atoms with E-state index < -0.39 is 0 Å². The van der Waals surface area contributed by atoms with Crippen molar-refractivity contribution in [3.63, 3.8) is 0 Å². The molecule has 132 valence electrons. The first-order chi connectivity index (χ1) is 13.0. The maximum absolute atomic E-state index is 12.6. The molecule has 3 heterocycles.